The van der Waals surface area contributed by atoms with Crippen LogP contribution >= 0.6 is 0 Å². The van der Waals surface area contributed by atoms with Crippen LogP contribution < -0.4 is 14.4 Å². The number of sulfonamides is 1. The number of aryl methyl sites for hydroxylation is 2. The van der Waals surface area contributed by atoms with Gasteiger partial charge in [-0.3, -0.25) is 13.9 Å². The molecular formula is C34H37N3O5S. The predicted molar refractivity (Wildman–Crippen MR) is 168 cm³/mol. The smallest absolute Gasteiger partial charge is 0.264 e. The van der Waals surface area contributed by atoms with Crippen molar-refractivity contribution in [2.24, 2.45) is 0 Å². The van der Waals surface area contributed by atoms with Crippen molar-refractivity contribution in [1.29, 1.82) is 0 Å². The number of benzene rings is 4. The molecule has 0 heterocycles. The highest BCUT2D eigenvalue weighted by atomic mass is 32.2. The molecule has 2 amide bonds. The first kappa shape index (κ1) is 31.3. The molecule has 0 unspecified atom stereocenters. The zero-order chi connectivity index (χ0) is 31.0. The van der Waals surface area contributed by atoms with Crippen LogP contribution in [-0.2, 0) is 32.6 Å². The molecule has 224 valence electrons. The molecule has 43 heavy (non-hydrogen) atoms. The first-order valence-electron chi connectivity index (χ1n) is 14.0. The molecule has 0 radical (unpaired) electrons. The van der Waals surface area contributed by atoms with E-state index in [9.17, 15) is 18.0 Å². The lowest BCUT2D eigenvalue weighted by molar-refractivity contribution is -0.139. The average molecular weight is 600 g/mol. The van der Waals surface area contributed by atoms with Crippen molar-refractivity contribution in [2.45, 2.75) is 37.8 Å². The molecule has 4 aromatic carbocycles. The number of hydrogen-bond acceptors (Lipinski definition) is 5. The Hall–Kier alpha value is -4.63. The van der Waals surface area contributed by atoms with Gasteiger partial charge in [-0.2, -0.15) is 0 Å². The number of rotatable bonds is 12. The lowest BCUT2D eigenvalue weighted by Crippen LogP contribution is -2.53. The average Bonchev–Trinajstić information content (AvgIpc) is 3.02. The van der Waals surface area contributed by atoms with Crippen molar-refractivity contribution < 1.29 is 22.7 Å². The minimum absolute atomic E-state index is 0.0546. The molecule has 0 aromatic heterocycles. The zero-order valence-electron chi connectivity index (χ0n) is 24.9. The zero-order valence-corrected chi connectivity index (χ0v) is 25.7. The summed E-state index contributed by atoms with van der Waals surface area (Å²) in [4.78, 5) is 29.2. The van der Waals surface area contributed by atoms with Crippen molar-refractivity contribution in [1.82, 2.24) is 10.2 Å². The third-order valence-corrected chi connectivity index (χ3v) is 9.03. The molecule has 0 fully saturated rings. The molecule has 0 bridgehead atoms. The number of carbonyl (C=O) groups excluding carboxylic acids is 2. The Bertz CT molecular complexity index is 1620. The summed E-state index contributed by atoms with van der Waals surface area (Å²) in [5.74, 6) is -0.315. The van der Waals surface area contributed by atoms with E-state index >= 15 is 0 Å². The van der Waals surface area contributed by atoms with Gasteiger partial charge in [-0.05, 0) is 61.4 Å². The van der Waals surface area contributed by atoms with Crippen LogP contribution in [0.15, 0.2) is 108 Å². The highest BCUT2D eigenvalue weighted by molar-refractivity contribution is 7.92. The highest BCUT2D eigenvalue weighted by Gasteiger charge is 2.34. The van der Waals surface area contributed by atoms with Crippen molar-refractivity contribution in [2.75, 3.05) is 25.0 Å². The molecule has 9 heteroatoms. The number of hydrogen-bond donors (Lipinski definition) is 1. The predicted octanol–water partition coefficient (Wildman–Crippen LogP) is 4.89. The van der Waals surface area contributed by atoms with E-state index in [2.05, 4.69) is 5.32 Å². The van der Waals surface area contributed by atoms with Crippen LogP contribution in [0.2, 0.25) is 0 Å². The van der Waals surface area contributed by atoms with Crippen LogP contribution in [0.5, 0.6) is 5.75 Å². The molecule has 1 N–H and O–H groups in total. The first-order valence-corrected chi connectivity index (χ1v) is 15.4. The second-order valence-corrected chi connectivity index (χ2v) is 12.2. The molecule has 4 aromatic rings. The summed E-state index contributed by atoms with van der Waals surface area (Å²) in [5, 5.41) is 2.70. The summed E-state index contributed by atoms with van der Waals surface area (Å²) in [5.41, 5.74) is 3.95. The Balaban J connectivity index is 1.78. The van der Waals surface area contributed by atoms with Crippen molar-refractivity contribution >= 4 is 27.5 Å². The molecule has 0 aliphatic rings. The van der Waals surface area contributed by atoms with E-state index in [-0.39, 0.29) is 23.8 Å². The molecule has 0 aliphatic carbocycles. The quantitative estimate of drug-likeness (QED) is 0.250. The van der Waals surface area contributed by atoms with Gasteiger partial charge < -0.3 is 15.0 Å². The first-order chi connectivity index (χ1) is 20.6. The molecule has 0 aliphatic heterocycles. The molecule has 0 saturated carbocycles. The van der Waals surface area contributed by atoms with Crippen LogP contribution in [0.3, 0.4) is 0 Å². The summed E-state index contributed by atoms with van der Waals surface area (Å²) in [7, 11) is -1.11. The molecule has 8 nitrogen and oxygen atoms in total. The number of anilines is 1. The van der Waals surface area contributed by atoms with Gasteiger partial charge >= 0.3 is 0 Å². The minimum Gasteiger partial charge on any atom is -0.497 e. The molecule has 1 atom stereocenters. The lowest BCUT2D eigenvalue weighted by atomic mass is 10.0. The van der Waals surface area contributed by atoms with E-state index in [0.717, 1.165) is 26.6 Å². The van der Waals surface area contributed by atoms with Gasteiger partial charge in [0.15, 0.2) is 0 Å². The summed E-state index contributed by atoms with van der Waals surface area (Å²) < 4.78 is 34.4. The number of ether oxygens (including phenoxy) is 1. The van der Waals surface area contributed by atoms with E-state index in [1.54, 1.807) is 36.4 Å². The summed E-state index contributed by atoms with van der Waals surface area (Å²) >= 11 is 0. The maximum absolute atomic E-state index is 14.3. The Morgan fingerprint density at radius 3 is 1.93 bits per heavy atom. The molecule has 0 spiro atoms. The van der Waals surface area contributed by atoms with Crippen LogP contribution in [-0.4, -0.2) is 51.9 Å². The number of carbonyl (C=O) groups is 2. The number of likely N-dealkylation sites (N-methyl/N-ethyl adjacent to an activating group) is 1. The summed E-state index contributed by atoms with van der Waals surface area (Å²) in [6.07, 6.45) is 0.255. The monoisotopic (exact) mass is 599 g/mol. The van der Waals surface area contributed by atoms with Gasteiger partial charge in [0, 0.05) is 20.0 Å². The third-order valence-electron chi connectivity index (χ3n) is 7.24. The number of nitrogens with zero attached hydrogens (tertiary/aromatic N) is 2. The Morgan fingerprint density at radius 1 is 0.791 bits per heavy atom. The maximum Gasteiger partial charge on any atom is 0.264 e. The highest BCUT2D eigenvalue weighted by Crippen LogP contribution is 2.27. The molecule has 4 rings (SSSR count). The van der Waals surface area contributed by atoms with Gasteiger partial charge in [0.1, 0.15) is 18.3 Å². The second kappa shape index (κ2) is 14.0. The third kappa shape index (κ3) is 7.81. The SMILES string of the molecule is CNC(=O)[C@@H](Cc1ccccc1)N(Cc1ccc(C)cc1)C(=O)CN(c1ccc(OC)cc1)S(=O)(=O)c1ccc(C)cc1. The van der Waals surface area contributed by atoms with Gasteiger partial charge in [0.2, 0.25) is 11.8 Å². The number of methoxy groups -OCH3 is 1. The van der Waals surface area contributed by atoms with Gasteiger partial charge in [0.05, 0.1) is 17.7 Å². The van der Waals surface area contributed by atoms with Crippen molar-refractivity contribution in [3.05, 3.63) is 125 Å². The van der Waals surface area contributed by atoms with Gasteiger partial charge in [-0.25, -0.2) is 8.42 Å². The van der Waals surface area contributed by atoms with Gasteiger partial charge in [0.25, 0.3) is 10.0 Å². The van der Waals surface area contributed by atoms with Crippen LogP contribution in [0, 0.1) is 13.8 Å². The van der Waals surface area contributed by atoms with Crippen molar-refractivity contribution in [3.8, 4) is 5.75 Å². The molecular weight excluding hydrogens is 562 g/mol. The summed E-state index contributed by atoms with van der Waals surface area (Å²) in [6, 6.07) is 29.2. The van der Waals surface area contributed by atoms with E-state index in [4.69, 9.17) is 4.74 Å². The second-order valence-electron chi connectivity index (χ2n) is 10.3. The fraction of sp³-hybridized carbons (Fsp3) is 0.235. The Labute approximate surface area is 254 Å². The number of amides is 2. The minimum atomic E-state index is -4.16. The van der Waals surface area contributed by atoms with Crippen LogP contribution in [0.25, 0.3) is 0 Å². The van der Waals surface area contributed by atoms with E-state index < -0.39 is 28.5 Å². The molecule has 0 saturated heterocycles. The van der Waals surface area contributed by atoms with Crippen LogP contribution in [0.4, 0.5) is 5.69 Å². The topological polar surface area (TPSA) is 96.0 Å². The Kier molecular flexibility index (Phi) is 10.2. The Morgan fingerprint density at radius 2 is 1.37 bits per heavy atom. The number of nitrogens with one attached hydrogen (secondary N) is 1. The fourth-order valence-corrected chi connectivity index (χ4v) is 6.14. The maximum atomic E-state index is 14.3. The lowest BCUT2D eigenvalue weighted by Gasteiger charge is -2.33. The fourth-order valence-electron chi connectivity index (χ4n) is 4.73. The van der Waals surface area contributed by atoms with E-state index in [0.29, 0.717) is 11.4 Å². The summed E-state index contributed by atoms with van der Waals surface area (Å²) in [6.45, 7) is 3.44. The van der Waals surface area contributed by atoms with Gasteiger partial charge in [-0.1, -0.05) is 77.9 Å². The van der Waals surface area contributed by atoms with E-state index in [1.807, 2.05) is 68.4 Å². The van der Waals surface area contributed by atoms with Gasteiger partial charge in [-0.15, -0.1) is 0 Å². The van der Waals surface area contributed by atoms with Crippen molar-refractivity contribution in [3.63, 3.8) is 0 Å². The van der Waals surface area contributed by atoms with Crippen LogP contribution in [0.1, 0.15) is 22.3 Å². The standard InChI is InChI=1S/C34H37N3O5S/c1-25-10-14-28(15-11-25)23-36(32(34(39)35-3)22-27-8-6-5-7-9-27)33(38)24-37(29-16-18-30(42-4)19-17-29)43(40,41)31-20-12-26(2)13-21-31/h5-21,32H,22-24H2,1-4H3,(H,35,39)/t32-/m1/s1. The van der Waals surface area contributed by atoms with E-state index in [1.165, 1.54) is 31.2 Å². The largest absolute Gasteiger partial charge is 0.497 e. The normalized spacial score (nSPS) is 11.8.